The van der Waals surface area contributed by atoms with Gasteiger partial charge in [-0.05, 0) is 23.8 Å². The SMILES string of the molecule is CN(C)C(=O)[C@H](Cc1ccccc1)NC(=O)c1cc2ccc(Cl)cc2[nH]1. The molecular formula is C20H20ClN3O2. The Morgan fingerprint density at radius 2 is 1.85 bits per heavy atom. The fourth-order valence-electron chi connectivity index (χ4n) is 2.82. The number of aromatic nitrogens is 1. The molecule has 0 fully saturated rings. The van der Waals surface area contributed by atoms with Crippen molar-refractivity contribution in [1.82, 2.24) is 15.2 Å². The molecule has 3 aromatic rings. The number of hydrogen-bond donors (Lipinski definition) is 2. The number of fused-ring (bicyclic) bond motifs is 1. The van der Waals surface area contributed by atoms with E-state index >= 15 is 0 Å². The summed E-state index contributed by atoms with van der Waals surface area (Å²) in [5.74, 6) is -0.477. The average molecular weight is 370 g/mol. The number of likely N-dealkylation sites (N-methyl/N-ethyl adjacent to an activating group) is 1. The fourth-order valence-corrected chi connectivity index (χ4v) is 2.99. The van der Waals surface area contributed by atoms with E-state index < -0.39 is 6.04 Å². The third-order valence-corrected chi connectivity index (χ3v) is 4.39. The number of carbonyl (C=O) groups is 2. The number of benzene rings is 2. The Kier molecular flexibility index (Phi) is 5.28. The maximum absolute atomic E-state index is 12.7. The molecule has 0 aliphatic carbocycles. The maximum atomic E-state index is 12.7. The molecule has 2 aromatic carbocycles. The van der Waals surface area contributed by atoms with E-state index in [1.165, 1.54) is 4.90 Å². The van der Waals surface area contributed by atoms with Gasteiger partial charge in [-0.2, -0.15) is 0 Å². The van der Waals surface area contributed by atoms with Crippen molar-refractivity contribution < 1.29 is 9.59 Å². The molecule has 26 heavy (non-hydrogen) atoms. The summed E-state index contributed by atoms with van der Waals surface area (Å²) >= 11 is 5.99. The molecule has 1 heterocycles. The number of H-pyrrole nitrogens is 1. The fraction of sp³-hybridized carbons (Fsp3) is 0.200. The van der Waals surface area contributed by atoms with Gasteiger partial charge in [0.15, 0.2) is 0 Å². The lowest BCUT2D eigenvalue weighted by atomic mass is 10.0. The number of nitrogens with zero attached hydrogens (tertiary/aromatic N) is 1. The zero-order valence-electron chi connectivity index (χ0n) is 14.6. The number of amides is 2. The first-order valence-electron chi connectivity index (χ1n) is 8.28. The van der Waals surface area contributed by atoms with Gasteiger partial charge in [-0.15, -0.1) is 0 Å². The minimum Gasteiger partial charge on any atom is -0.350 e. The summed E-state index contributed by atoms with van der Waals surface area (Å²) in [4.78, 5) is 29.7. The van der Waals surface area contributed by atoms with Crippen LogP contribution in [0.1, 0.15) is 16.1 Å². The van der Waals surface area contributed by atoms with E-state index in [-0.39, 0.29) is 11.8 Å². The number of halogens is 1. The van der Waals surface area contributed by atoms with Crippen LogP contribution in [-0.4, -0.2) is 41.8 Å². The molecule has 2 amide bonds. The zero-order valence-corrected chi connectivity index (χ0v) is 15.4. The highest BCUT2D eigenvalue weighted by molar-refractivity contribution is 6.31. The van der Waals surface area contributed by atoms with Gasteiger partial charge in [0.25, 0.3) is 5.91 Å². The molecule has 0 aliphatic rings. The van der Waals surface area contributed by atoms with E-state index in [4.69, 9.17) is 11.6 Å². The molecular weight excluding hydrogens is 350 g/mol. The number of nitrogens with one attached hydrogen (secondary N) is 2. The third-order valence-electron chi connectivity index (χ3n) is 4.16. The quantitative estimate of drug-likeness (QED) is 0.725. The molecule has 0 spiro atoms. The monoisotopic (exact) mass is 369 g/mol. The van der Waals surface area contributed by atoms with Crippen LogP contribution in [0.15, 0.2) is 54.6 Å². The van der Waals surface area contributed by atoms with E-state index in [1.807, 2.05) is 36.4 Å². The van der Waals surface area contributed by atoms with E-state index in [1.54, 1.807) is 32.3 Å². The summed E-state index contributed by atoms with van der Waals surface area (Å²) in [7, 11) is 3.36. The Balaban J connectivity index is 1.82. The summed E-state index contributed by atoms with van der Waals surface area (Å²) in [5, 5.41) is 4.32. The van der Waals surface area contributed by atoms with Crippen molar-refractivity contribution in [3.05, 3.63) is 70.9 Å². The summed E-state index contributed by atoms with van der Waals surface area (Å²) in [6.45, 7) is 0. The average Bonchev–Trinajstić information content (AvgIpc) is 3.04. The van der Waals surface area contributed by atoms with Crippen molar-refractivity contribution in [2.75, 3.05) is 14.1 Å². The molecule has 5 nitrogen and oxygen atoms in total. The van der Waals surface area contributed by atoms with E-state index in [0.717, 1.165) is 16.5 Å². The molecule has 3 rings (SSSR count). The molecule has 0 radical (unpaired) electrons. The second-order valence-corrected chi connectivity index (χ2v) is 6.80. The second kappa shape index (κ2) is 7.62. The number of aromatic amines is 1. The number of carbonyl (C=O) groups excluding carboxylic acids is 2. The minimum absolute atomic E-state index is 0.152. The minimum atomic E-state index is -0.644. The van der Waals surface area contributed by atoms with Crippen LogP contribution < -0.4 is 5.32 Å². The highest BCUT2D eigenvalue weighted by Crippen LogP contribution is 2.20. The molecule has 0 unspecified atom stereocenters. The van der Waals surface area contributed by atoms with Crippen molar-refractivity contribution in [3.8, 4) is 0 Å². The summed E-state index contributed by atoms with van der Waals surface area (Å²) in [6.07, 6.45) is 0.426. The Bertz CT molecular complexity index is 935. The smallest absolute Gasteiger partial charge is 0.268 e. The van der Waals surface area contributed by atoms with Crippen molar-refractivity contribution >= 4 is 34.3 Å². The van der Waals surface area contributed by atoms with Crippen LogP contribution in [0.25, 0.3) is 10.9 Å². The van der Waals surface area contributed by atoms with Crippen LogP contribution in [-0.2, 0) is 11.2 Å². The largest absolute Gasteiger partial charge is 0.350 e. The molecule has 134 valence electrons. The van der Waals surface area contributed by atoms with Gasteiger partial charge in [0.05, 0.1) is 0 Å². The Labute approximate surface area is 157 Å². The molecule has 1 atom stereocenters. The first-order chi connectivity index (χ1) is 12.4. The van der Waals surface area contributed by atoms with Crippen LogP contribution in [0, 0.1) is 0 Å². The molecule has 0 saturated carbocycles. The topological polar surface area (TPSA) is 65.2 Å². The van der Waals surface area contributed by atoms with Gasteiger partial charge < -0.3 is 15.2 Å². The van der Waals surface area contributed by atoms with Crippen LogP contribution in [0.4, 0.5) is 0 Å². The van der Waals surface area contributed by atoms with E-state index in [0.29, 0.717) is 17.1 Å². The van der Waals surface area contributed by atoms with Crippen molar-refractivity contribution in [2.24, 2.45) is 0 Å². The second-order valence-electron chi connectivity index (χ2n) is 6.36. The van der Waals surface area contributed by atoms with E-state index in [2.05, 4.69) is 10.3 Å². The number of rotatable bonds is 5. The highest BCUT2D eigenvalue weighted by atomic mass is 35.5. The molecule has 6 heteroatoms. The highest BCUT2D eigenvalue weighted by Gasteiger charge is 2.24. The predicted octanol–water partition coefficient (Wildman–Crippen LogP) is 3.25. The van der Waals surface area contributed by atoms with Gasteiger partial charge in [-0.25, -0.2) is 0 Å². The van der Waals surface area contributed by atoms with Crippen molar-refractivity contribution in [2.45, 2.75) is 12.5 Å². The molecule has 0 bridgehead atoms. The van der Waals surface area contributed by atoms with Crippen molar-refractivity contribution in [3.63, 3.8) is 0 Å². The standard InChI is InChI=1S/C20H20ClN3O2/c1-24(2)20(26)18(10-13-6-4-3-5-7-13)23-19(25)17-11-14-8-9-15(21)12-16(14)22-17/h3-9,11-12,18,22H,10H2,1-2H3,(H,23,25)/t18-/m0/s1. The Morgan fingerprint density at radius 1 is 1.12 bits per heavy atom. The first-order valence-corrected chi connectivity index (χ1v) is 8.66. The van der Waals surface area contributed by atoms with Gasteiger partial charge in [0.1, 0.15) is 11.7 Å². The third kappa shape index (κ3) is 4.06. The number of hydrogen-bond acceptors (Lipinski definition) is 2. The summed E-state index contributed by atoms with van der Waals surface area (Å²) in [6, 6.07) is 16.1. The summed E-state index contributed by atoms with van der Waals surface area (Å²) in [5.41, 5.74) is 2.16. The lowest BCUT2D eigenvalue weighted by Gasteiger charge is -2.21. The maximum Gasteiger partial charge on any atom is 0.268 e. The lowest BCUT2D eigenvalue weighted by molar-refractivity contribution is -0.130. The molecule has 0 saturated heterocycles. The first kappa shape index (κ1) is 18.0. The van der Waals surface area contributed by atoms with E-state index in [9.17, 15) is 9.59 Å². The van der Waals surface area contributed by atoms with Gasteiger partial charge in [0.2, 0.25) is 5.91 Å². The van der Waals surface area contributed by atoms with Gasteiger partial charge in [-0.3, -0.25) is 9.59 Å². The molecule has 1 aromatic heterocycles. The van der Waals surface area contributed by atoms with Gasteiger partial charge in [0, 0.05) is 36.4 Å². The normalized spacial score (nSPS) is 12.0. The van der Waals surface area contributed by atoms with Gasteiger partial charge >= 0.3 is 0 Å². The lowest BCUT2D eigenvalue weighted by Crippen LogP contribution is -2.47. The van der Waals surface area contributed by atoms with Crippen LogP contribution in [0.3, 0.4) is 0 Å². The zero-order chi connectivity index (χ0) is 18.7. The van der Waals surface area contributed by atoms with Crippen LogP contribution in [0.5, 0.6) is 0 Å². The Hall–Kier alpha value is -2.79. The Morgan fingerprint density at radius 3 is 2.54 bits per heavy atom. The van der Waals surface area contributed by atoms with Crippen LogP contribution >= 0.6 is 11.6 Å². The molecule has 2 N–H and O–H groups in total. The van der Waals surface area contributed by atoms with Gasteiger partial charge in [-0.1, -0.05) is 48.0 Å². The van der Waals surface area contributed by atoms with Crippen LogP contribution in [0.2, 0.25) is 5.02 Å². The van der Waals surface area contributed by atoms with Crippen molar-refractivity contribution in [1.29, 1.82) is 0 Å². The molecule has 0 aliphatic heterocycles. The predicted molar refractivity (Wildman–Crippen MR) is 103 cm³/mol. The summed E-state index contributed by atoms with van der Waals surface area (Å²) < 4.78 is 0.